The SMILES string of the molecule is CSc1n[nH]c(CC2CCNCC2)n1. The second kappa shape index (κ2) is 4.79. The molecule has 5 heteroatoms. The third-order valence-corrected chi connectivity index (χ3v) is 3.18. The lowest BCUT2D eigenvalue weighted by atomic mass is 9.94. The summed E-state index contributed by atoms with van der Waals surface area (Å²) in [5, 5.41) is 11.3. The first kappa shape index (κ1) is 9.98. The molecule has 78 valence electrons. The molecular formula is C9H16N4S. The van der Waals surface area contributed by atoms with Crippen LogP contribution in [0.15, 0.2) is 5.16 Å². The molecular weight excluding hydrogens is 196 g/mol. The lowest BCUT2D eigenvalue weighted by Crippen LogP contribution is -2.28. The van der Waals surface area contributed by atoms with Gasteiger partial charge in [0.1, 0.15) is 5.82 Å². The van der Waals surface area contributed by atoms with Gasteiger partial charge in [0.15, 0.2) is 0 Å². The Morgan fingerprint density at radius 1 is 1.43 bits per heavy atom. The number of H-pyrrole nitrogens is 1. The minimum Gasteiger partial charge on any atom is -0.317 e. The number of nitrogens with one attached hydrogen (secondary N) is 2. The molecule has 1 saturated heterocycles. The molecule has 0 bridgehead atoms. The number of thioether (sulfide) groups is 1. The molecule has 0 spiro atoms. The molecule has 14 heavy (non-hydrogen) atoms. The number of hydrogen-bond donors (Lipinski definition) is 2. The van der Waals surface area contributed by atoms with Gasteiger partial charge in [-0.2, -0.15) is 0 Å². The van der Waals surface area contributed by atoms with Crippen molar-refractivity contribution >= 4 is 11.8 Å². The number of aromatic amines is 1. The fourth-order valence-electron chi connectivity index (χ4n) is 1.82. The highest BCUT2D eigenvalue weighted by Crippen LogP contribution is 2.17. The number of nitrogens with zero attached hydrogens (tertiary/aromatic N) is 2. The van der Waals surface area contributed by atoms with Crippen molar-refractivity contribution in [2.45, 2.75) is 24.4 Å². The van der Waals surface area contributed by atoms with E-state index < -0.39 is 0 Å². The van der Waals surface area contributed by atoms with E-state index in [1.807, 2.05) is 6.26 Å². The van der Waals surface area contributed by atoms with Gasteiger partial charge in [-0.15, -0.1) is 5.10 Å². The summed E-state index contributed by atoms with van der Waals surface area (Å²) in [6.45, 7) is 2.29. The summed E-state index contributed by atoms with van der Waals surface area (Å²) in [4.78, 5) is 4.40. The zero-order valence-corrected chi connectivity index (χ0v) is 9.23. The van der Waals surface area contributed by atoms with E-state index in [1.165, 1.54) is 12.8 Å². The van der Waals surface area contributed by atoms with Crippen LogP contribution in [0, 0.1) is 5.92 Å². The average molecular weight is 212 g/mol. The topological polar surface area (TPSA) is 53.6 Å². The van der Waals surface area contributed by atoms with Crippen molar-refractivity contribution in [3.8, 4) is 0 Å². The van der Waals surface area contributed by atoms with E-state index >= 15 is 0 Å². The molecule has 0 aromatic carbocycles. The van der Waals surface area contributed by atoms with Crippen molar-refractivity contribution in [3.05, 3.63) is 5.82 Å². The lowest BCUT2D eigenvalue weighted by molar-refractivity contribution is 0.367. The Kier molecular flexibility index (Phi) is 3.42. The maximum atomic E-state index is 4.40. The van der Waals surface area contributed by atoms with Crippen LogP contribution in [0.3, 0.4) is 0 Å². The van der Waals surface area contributed by atoms with E-state index in [2.05, 4.69) is 20.5 Å². The molecule has 2 rings (SSSR count). The quantitative estimate of drug-likeness (QED) is 0.736. The van der Waals surface area contributed by atoms with Crippen molar-refractivity contribution in [1.29, 1.82) is 0 Å². The van der Waals surface area contributed by atoms with E-state index in [9.17, 15) is 0 Å². The van der Waals surface area contributed by atoms with Gasteiger partial charge >= 0.3 is 0 Å². The molecule has 0 unspecified atom stereocenters. The van der Waals surface area contributed by atoms with Crippen LogP contribution >= 0.6 is 11.8 Å². The third kappa shape index (κ3) is 2.48. The summed E-state index contributed by atoms with van der Waals surface area (Å²) in [6.07, 6.45) is 5.57. The van der Waals surface area contributed by atoms with Crippen molar-refractivity contribution < 1.29 is 0 Å². The van der Waals surface area contributed by atoms with Gasteiger partial charge in [-0.1, -0.05) is 11.8 Å². The van der Waals surface area contributed by atoms with Crippen LogP contribution in [0.2, 0.25) is 0 Å². The molecule has 2 heterocycles. The van der Waals surface area contributed by atoms with Crippen molar-refractivity contribution in [2.24, 2.45) is 5.92 Å². The maximum Gasteiger partial charge on any atom is 0.208 e. The normalized spacial score (nSPS) is 18.6. The second-order valence-electron chi connectivity index (χ2n) is 3.67. The zero-order chi connectivity index (χ0) is 9.80. The van der Waals surface area contributed by atoms with Crippen LogP contribution in [0.4, 0.5) is 0 Å². The van der Waals surface area contributed by atoms with Crippen molar-refractivity contribution in [1.82, 2.24) is 20.5 Å². The minimum absolute atomic E-state index is 0.777. The highest BCUT2D eigenvalue weighted by molar-refractivity contribution is 7.98. The Labute approximate surface area is 88.3 Å². The van der Waals surface area contributed by atoms with E-state index in [0.29, 0.717) is 0 Å². The largest absolute Gasteiger partial charge is 0.317 e. The fourth-order valence-corrected chi connectivity index (χ4v) is 2.16. The van der Waals surface area contributed by atoms with Crippen molar-refractivity contribution in [3.63, 3.8) is 0 Å². The highest BCUT2D eigenvalue weighted by Gasteiger charge is 2.15. The second-order valence-corrected chi connectivity index (χ2v) is 4.44. The number of rotatable bonds is 3. The Balaban J connectivity index is 1.89. The third-order valence-electron chi connectivity index (χ3n) is 2.63. The first-order valence-corrected chi connectivity index (χ1v) is 6.27. The number of hydrogen-bond acceptors (Lipinski definition) is 4. The summed E-state index contributed by atoms with van der Waals surface area (Å²) in [5.74, 6) is 1.82. The number of piperidine rings is 1. The predicted molar refractivity (Wildman–Crippen MR) is 57.5 cm³/mol. The molecule has 1 aromatic rings. The Morgan fingerprint density at radius 2 is 2.21 bits per heavy atom. The van der Waals surface area contributed by atoms with Gasteiger partial charge in [-0.05, 0) is 38.1 Å². The van der Waals surface area contributed by atoms with Gasteiger partial charge < -0.3 is 5.32 Å². The summed E-state index contributed by atoms with van der Waals surface area (Å²) in [7, 11) is 0. The first-order chi connectivity index (χ1) is 6.88. The van der Waals surface area contributed by atoms with Gasteiger partial charge in [0.05, 0.1) is 0 Å². The maximum absolute atomic E-state index is 4.40. The van der Waals surface area contributed by atoms with E-state index in [1.54, 1.807) is 11.8 Å². The average Bonchev–Trinajstić information content (AvgIpc) is 2.67. The summed E-state index contributed by atoms with van der Waals surface area (Å²) in [5.41, 5.74) is 0. The lowest BCUT2D eigenvalue weighted by Gasteiger charge is -2.21. The standard InChI is InChI=1S/C9H16N4S/c1-14-9-11-8(12-13-9)6-7-2-4-10-5-3-7/h7,10H,2-6H2,1H3,(H,11,12,13). The Hall–Kier alpha value is -0.550. The molecule has 1 aliphatic rings. The van der Waals surface area contributed by atoms with Gasteiger partial charge in [-0.25, -0.2) is 4.98 Å². The highest BCUT2D eigenvalue weighted by atomic mass is 32.2. The van der Waals surface area contributed by atoms with Crippen LogP contribution in [0.25, 0.3) is 0 Å². The summed E-state index contributed by atoms with van der Waals surface area (Å²) in [6, 6.07) is 0. The van der Waals surface area contributed by atoms with Gasteiger partial charge in [-0.3, -0.25) is 5.10 Å². The molecule has 0 amide bonds. The van der Waals surface area contributed by atoms with Gasteiger partial charge in [0.2, 0.25) is 5.16 Å². The Morgan fingerprint density at radius 3 is 2.86 bits per heavy atom. The Bertz CT molecular complexity index is 280. The zero-order valence-electron chi connectivity index (χ0n) is 8.42. The first-order valence-electron chi connectivity index (χ1n) is 5.04. The molecule has 1 fully saturated rings. The van der Waals surface area contributed by atoms with Crippen LogP contribution in [-0.4, -0.2) is 34.5 Å². The predicted octanol–water partition coefficient (Wildman–Crippen LogP) is 1.07. The molecule has 4 nitrogen and oxygen atoms in total. The number of aromatic nitrogens is 3. The van der Waals surface area contributed by atoms with Crippen LogP contribution in [0.5, 0.6) is 0 Å². The van der Waals surface area contributed by atoms with E-state index in [4.69, 9.17) is 0 Å². The smallest absolute Gasteiger partial charge is 0.208 e. The van der Waals surface area contributed by atoms with Crippen LogP contribution in [0.1, 0.15) is 18.7 Å². The van der Waals surface area contributed by atoms with Crippen LogP contribution < -0.4 is 5.32 Å². The fraction of sp³-hybridized carbons (Fsp3) is 0.778. The summed E-state index contributed by atoms with van der Waals surface area (Å²) >= 11 is 1.59. The summed E-state index contributed by atoms with van der Waals surface area (Å²) < 4.78 is 0. The molecule has 2 N–H and O–H groups in total. The van der Waals surface area contributed by atoms with E-state index in [-0.39, 0.29) is 0 Å². The van der Waals surface area contributed by atoms with Gasteiger partial charge in [0.25, 0.3) is 0 Å². The molecule has 0 saturated carbocycles. The van der Waals surface area contributed by atoms with Crippen LogP contribution in [-0.2, 0) is 6.42 Å². The van der Waals surface area contributed by atoms with Crippen molar-refractivity contribution in [2.75, 3.05) is 19.3 Å². The molecule has 0 atom stereocenters. The molecule has 1 aromatic heterocycles. The van der Waals surface area contributed by atoms with Gasteiger partial charge in [0, 0.05) is 6.42 Å². The minimum atomic E-state index is 0.777. The molecule has 1 aliphatic heterocycles. The molecule has 0 aliphatic carbocycles. The monoisotopic (exact) mass is 212 g/mol. The molecule has 0 radical (unpaired) electrons. The van der Waals surface area contributed by atoms with E-state index in [0.717, 1.165) is 36.4 Å².